The molecule has 2 aromatic rings. The molecule has 0 saturated carbocycles. The van der Waals surface area contributed by atoms with Crippen molar-refractivity contribution in [3.63, 3.8) is 0 Å². The van der Waals surface area contributed by atoms with Gasteiger partial charge in [-0.25, -0.2) is 0 Å². The van der Waals surface area contributed by atoms with Gasteiger partial charge in [0.1, 0.15) is 12.4 Å². The number of benzene rings is 2. The van der Waals surface area contributed by atoms with Crippen molar-refractivity contribution in [2.45, 2.75) is 27.4 Å². The molecule has 0 aromatic heterocycles. The lowest BCUT2D eigenvalue weighted by molar-refractivity contribution is 0.0743. The summed E-state index contributed by atoms with van der Waals surface area (Å²) in [4.78, 5) is 14.7. The zero-order valence-corrected chi connectivity index (χ0v) is 14.2. The Hall–Kier alpha value is -2.29. The maximum atomic E-state index is 12.8. The summed E-state index contributed by atoms with van der Waals surface area (Å²) in [7, 11) is 0. The highest BCUT2D eigenvalue weighted by Gasteiger charge is 2.18. The Bertz CT molecular complexity index is 623. The van der Waals surface area contributed by atoms with Crippen molar-refractivity contribution in [3.8, 4) is 5.75 Å². The Labute approximate surface area is 138 Å². The Balaban J connectivity index is 2.14. The second kappa shape index (κ2) is 8.37. The van der Waals surface area contributed by atoms with E-state index in [2.05, 4.69) is 13.8 Å². The summed E-state index contributed by atoms with van der Waals surface area (Å²) in [6, 6.07) is 17.4. The Morgan fingerprint density at radius 2 is 1.70 bits per heavy atom. The molecule has 2 aromatic carbocycles. The van der Waals surface area contributed by atoms with Gasteiger partial charge in [0, 0.05) is 24.2 Å². The lowest BCUT2D eigenvalue weighted by Crippen LogP contribution is -2.34. The molecule has 0 heterocycles. The van der Waals surface area contributed by atoms with Crippen molar-refractivity contribution < 1.29 is 9.53 Å². The number of rotatable bonds is 7. The highest BCUT2D eigenvalue weighted by atomic mass is 16.5. The topological polar surface area (TPSA) is 29.5 Å². The number of para-hydroxylation sites is 1. The largest absolute Gasteiger partial charge is 0.489 e. The van der Waals surface area contributed by atoms with E-state index in [1.54, 1.807) is 0 Å². The van der Waals surface area contributed by atoms with Crippen LogP contribution in [0.1, 0.15) is 36.7 Å². The summed E-state index contributed by atoms with van der Waals surface area (Å²) < 4.78 is 5.81. The lowest BCUT2D eigenvalue weighted by atomic mass is 10.1. The van der Waals surface area contributed by atoms with E-state index in [0.29, 0.717) is 19.1 Å². The fourth-order valence-electron chi connectivity index (χ4n) is 2.50. The SMILES string of the molecule is CCN(CC(C)C)C(=O)c1ccccc1COc1ccccc1. The highest BCUT2D eigenvalue weighted by Crippen LogP contribution is 2.17. The van der Waals surface area contributed by atoms with Crippen molar-refractivity contribution in [2.75, 3.05) is 13.1 Å². The number of amides is 1. The molecule has 3 nitrogen and oxygen atoms in total. The molecule has 0 spiro atoms. The van der Waals surface area contributed by atoms with Gasteiger partial charge in [-0.15, -0.1) is 0 Å². The highest BCUT2D eigenvalue weighted by molar-refractivity contribution is 5.95. The molecule has 0 fully saturated rings. The molecule has 0 aliphatic rings. The van der Waals surface area contributed by atoms with Crippen LogP contribution in [-0.4, -0.2) is 23.9 Å². The normalized spacial score (nSPS) is 10.6. The van der Waals surface area contributed by atoms with E-state index >= 15 is 0 Å². The number of carbonyl (C=O) groups is 1. The molecule has 3 heteroatoms. The molecular weight excluding hydrogens is 286 g/mol. The van der Waals surface area contributed by atoms with Crippen LogP contribution in [0.5, 0.6) is 5.75 Å². The maximum Gasteiger partial charge on any atom is 0.254 e. The van der Waals surface area contributed by atoms with Crippen LogP contribution in [0.2, 0.25) is 0 Å². The predicted octanol–water partition coefficient (Wildman–Crippen LogP) is 4.38. The van der Waals surface area contributed by atoms with Crippen molar-refractivity contribution in [1.29, 1.82) is 0 Å². The second-order valence-electron chi connectivity index (χ2n) is 6.00. The number of hydrogen-bond donors (Lipinski definition) is 0. The van der Waals surface area contributed by atoms with Gasteiger partial charge in [0.2, 0.25) is 0 Å². The van der Waals surface area contributed by atoms with Gasteiger partial charge in [-0.05, 0) is 31.0 Å². The molecule has 0 N–H and O–H groups in total. The molecule has 0 saturated heterocycles. The molecule has 0 aliphatic carbocycles. The van der Waals surface area contributed by atoms with Crippen LogP contribution in [0.15, 0.2) is 54.6 Å². The molecule has 0 aliphatic heterocycles. The predicted molar refractivity (Wildman–Crippen MR) is 93.6 cm³/mol. The van der Waals surface area contributed by atoms with E-state index in [9.17, 15) is 4.79 Å². The van der Waals surface area contributed by atoms with Gasteiger partial charge in [-0.1, -0.05) is 50.2 Å². The van der Waals surface area contributed by atoms with Crippen molar-refractivity contribution >= 4 is 5.91 Å². The van der Waals surface area contributed by atoms with Crippen LogP contribution in [-0.2, 0) is 6.61 Å². The van der Waals surface area contributed by atoms with Gasteiger partial charge in [0.05, 0.1) is 0 Å². The van der Waals surface area contributed by atoms with Crippen LogP contribution in [0.3, 0.4) is 0 Å². The number of nitrogens with zero attached hydrogens (tertiary/aromatic N) is 1. The summed E-state index contributed by atoms with van der Waals surface area (Å²) in [6.45, 7) is 8.14. The second-order valence-corrected chi connectivity index (χ2v) is 6.00. The molecule has 122 valence electrons. The fourth-order valence-corrected chi connectivity index (χ4v) is 2.50. The average molecular weight is 311 g/mol. The third kappa shape index (κ3) is 4.85. The van der Waals surface area contributed by atoms with Gasteiger partial charge in [-0.2, -0.15) is 0 Å². The quantitative estimate of drug-likeness (QED) is 0.759. The fraction of sp³-hybridized carbons (Fsp3) is 0.350. The first-order chi connectivity index (χ1) is 11.1. The minimum absolute atomic E-state index is 0.0773. The zero-order chi connectivity index (χ0) is 16.7. The van der Waals surface area contributed by atoms with E-state index in [1.165, 1.54) is 0 Å². The summed E-state index contributed by atoms with van der Waals surface area (Å²) >= 11 is 0. The molecule has 2 rings (SSSR count). The number of hydrogen-bond acceptors (Lipinski definition) is 2. The average Bonchev–Trinajstić information content (AvgIpc) is 2.58. The third-order valence-corrected chi connectivity index (χ3v) is 3.64. The van der Waals surface area contributed by atoms with Crippen LogP contribution in [0.4, 0.5) is 0 Å². The van der Waals surface area contributed by atoms with Crippen LogP contribution < -0.4 is 4.74 Å². The van der Waals surface area contributed by atoms with Gasteiger partial charge in [-0.3, -0.25) is 4.79 Å². The number of ether oxygens (including phenoxy) is 1. The minimum Gasteiger partial charge on any atom is -0.489 e. The Kier molecular flexibility index (Phi) is 6.21. The van der Waals surface area contributed by atoms with E-state index in [0.717, 1.165) is 23.4 Å². The molecule has 1 amide bonds. The van der Waals surface area contributed by atoms with Crippen molar-refractivity contribution in [1.82, 2.24) is 4.90 Å². The van der Waals surface area contributed by atoms with Crippen LogP contribution >= 0.6 is 0 Å². The summed E-state index contributed by atoms with van der Waals surface area (Å²) in [5.74, 6) is 1.34. The summed E-state index contributed by atoms with van der Waals surface area (Å²) in [6.07, 6.45) is 0. The lowest BCUT2D eigenvalue weighted by Gasteiger charge is -2.24. The molecule has 0 radical (unpaired) electrons. The van der Waals surface area contributed by atoms with E-state index < -0.39 is 0 Å². The molecular formula is C20H25NO2. The first-order valence-electron chi connectivity index (χ1n) is 8.16. The molecule has 0 bridgehead atoms. The van der Waals surface area contributed by atoms with Crippen LogP contribution in [0, 0.1) is 5.92 Å². The molecule has 23 heavy (non-hydrogen) atoms. The monoisotopic (exact) mass is 311 g/mol. The molecule has 0 unspecified atom stereocenters. The van der Waals surface area contributed by atoms with Gasteiger partial charge < -0.3 is 9.64 Å². The van der Waals surface area contributed by atoms with E-state index in [4.69, 9.17) is 4.74 Å². The first kappa shape index (κ1) is 17.1. The Morgan fingerprint density at radius 1 is 1.04 bits per heavy atom. The third-order valence-electron chi connectivity index (χ3n) is 3.64. The summed E-state index contributed by atoms with van der Waals surface area (Å²) in [5.41, 5.74) is 1.65. The Morgan fingerprint density at radius 3 is 2.35 bits per heavy atom. The number of carbonyl (C=O) groups excluding carboxylic acids is 1. The van der Waals surface area contributed by atoms with Gasteiger partial charge in [0.15, 0.2) is 0 Å². The minimum atomic E-state index is 0.0773. The van der Waals surface area contributed by atoms with Gasteiger partial charge in [0.25, 0.3) is 5.91 Å². The zero-order valence-electron chi connectivity index (χ0n) is 14.2. The standard InChI is InChI=1S/C20H25NO2/c1-4-21(14-16(2)3)20(22)19-13-9-8-10-17(19)15-23-18-11-6-5-7-12-18/h5-13,16H,4,14-15H2,1-3H3. The first-order valence-corrected chi connectivity index (χ1v) is 8.16. The van der Waals surface area contributed by atoms with Crippen LogP contribution in [0.25, 0.3) is 0 Å². The van der Waals surface area contributed by atoms with E-state index in [-0.39, 0.29) is 5.91 Å². The molecule has 0 atom stereocenters. The summed E-state index contributed by atoms with van der Waals surface area (Å²) in [5, 5.41) is 0. The van der Waals surface area contributed by atoms with Gasteiger partial charge >= 0.3 is 0 Å². The maximum absolute atomic E-state index is 12.8. The van der Waals surface area contributed by atoms with Crippen molar-refractivity contribution in [3.05, 3.63) is 65.7 Å². The smallest absolute Gasteiger partial charge is 0.254 e. The van der Waals surface area contributed by atoms with E-state index in [1.807, 2.05) is 66.4 Å². The van der Waals surface area contributed by atoms with Crippen molar-refractivity contribution in [2.24, 2.45) is 5.92 Å².